The average molecular weight is 800 g/mol. The molecule has 1 heterocycles. The number of fused-ring (bicyclic) bond motifs is 12. The van der Waals surface area contributed by atoms with E-state index in [1.54, 1.807) is 0 Å². The van der Waals surface area contributed by atoms with E-state index >= 15 is 0 Å². The van der Waals surface area contributed by atoms with Crippen molar-refractivity contribution in [3.8, 4) is 44.5 Å². The van der Waals surface area contributed by atoms with Crippen molar-refractivity contribution in [2.75, 3.05) is 4.90 Å². The van der Waals surface area contributed by atoms with Crippen LogP contribution in [0.3, 0.4) is 0 Å². The number of benzene rings is 10. The van der Waals surface area contributed by atoms with E-state index in [-0.39, 0.29) is 0 Å². The highest BCUT2D eigenvalue weighted by molar-refractivity contribution is 5.98. The van der Waals surface area contributed by atoms with Gasteiger partial charge < -0.3 is 4.90 Å². The highest BCUT2D eigenvalue weighted by atomic mass is 15.2. The molecule has 0 saturated heterocycles. The van der Waals surface area contributed by atoms with Crippen molar-refractivity contribution in [1.82, 2.24) is 0 Å². The lowest BCUT2D eigenvalue weighted by Gasteiger charge is -2.47. The van der Waals surface area contributed by atoms with Gasteiger partial charge in [-0.2, -0.15) is 0 Å². The van der Waals surface area contributed by atoms with E-state index < -0.39 is 10.8 Å². The van der Waals surface area contributed by atoms with Crippen LogP contribution in [0.15, 0.2) is 249 Å². The molecule has 13 rings (SSSR count). The molecular weight excluding hydrogens is 759 g/mol. The lowest BCUT2D eigenvalue weighted by atomic mass is 9.61. The van der Waals surface area contributed by atoms with E-state index in [2.05, 4.69) is 254 Å². The molecule has 63 heavy (non-hydrogen) atoms. The summed E-state index contributed by atoms with van der Waals surface area (Å²) in [5.41, 5.74) is 22.8. The molecule has 10 aromatic rings. The van der Waals surface area contributed by atoms with Crippen LogP contribution in [-0.4, -0.2) is 0 Å². The minimum atomic E-state index is -0.649. The third kappa shape index (κ3) is 4.94. The first kappa shape index (κ1) is 35.7. The second-order valence-corrected chi connectivity index (χ2v) is 17.1. The summed E-state index contributed by atoms with van der Waals surface area (Å²) in [6.45, 7) is 0. The molecule has 0 atom stereocenters. The Morgan fingerprint density at radius 1 is 0.238 bits per heavy atom. The molecular formula is C62H41N. The first-order valence-corrected chi connectivity index (χ1v) is 22.0. The molecule has 294 valence electrons. The fourth-order valence-corrected chi connectivity index (χ4v) is 11.6. The van der Waals surface area contributed by atoms with E-state index in [9.17, 15) is 0 Å². The van der Waals surface area contributed by atoms with E-state index in [1.807, 2.05) is 0 Å². The Balaban J connectivity index is 1.12. The highest BCUT2D eigenvalue weighted by Gasteiger charge is 2.52. The maximum atomic E-state index is 2.54. The number of hydrogen-bond donors (Lipinski definition) is 0. The zero-order valence-electron chi connectivity index (χ0n) is 34.6. The zero-order chi connectivity index (χ0) is 41.5. The van der Waals surface area contributed by atoms with Gasteiger partial charge in [-0.3, -0.25) is 0 Å². The van der Waals surface area contributed by atoms with Crippen molar-refractivity contribution in [2.24, 2.45) is 0 Å². The fraction of sp³-hybridized carbons (Fsp3) is 0.0323. The van der Waals surface area contributed by atoms with Crippen LogP contribution in [0.1, 0.15) is 44.5 Å². The van der Waals surface area contributed by atoms with Crippen molar-refractivity contribution < 1.29 is 0 Å². The lowest BCUT2D eigenvalue weighted by Crippen LogP contribution is -2.38. The van der Waals surface area contributed by atoms with Gasteiger partial charge in [0.05, 0.1) is 22.2 Å². The smallest absolute Gasteiger partial charge is 0.0742 e. The van der Waals surface area contributed by atoms with Crippen molar-refractivity contribution in [1.29, 1.82) is 0 Å². The van der Waals surface area contributed by atoms with Gasteiger partial charge in [0.25, 0.3) is 0 Å². The van der Waals surface area contributed by atoms with Crippen LogP contribution >= 0.6 is 0 Å². The molecule has 0 radical (unpaired) electrons. The first-order chi connectivity index (χ1) is 31.3. The summed E-state index contributed by atoms with van der Waals surface area (Å²) in [6, 6.07) is 92.9. The van der Waals surface area contributed by atoms with Crippen molar-refractivity contribution in [2.45, 2.75) is 10.8 Å². The summed E-state index contributed by atoms with van der Waals surface area (Å²) < 4.78 is 0. The van der Waals surface area contributed by atoms with Crippen molar-refractivity contribution in [3.05, 3.63) is 293 Å². The van der Waals surface area contributed by atoms with E-state index in [0.717, 1.165) is 5.69 Å². The maximum absolute atomic E-state index is 2.54. The van der Waals surface area contributed by atoms with Gasteiger partial charge in [0, 0.05) is 5.69 Å². The Hall–Kier alpha value is -8.00. The van der Waals surface area contributed by atoms with Crippen molar-refractivity contribution in [3.63, 3.8) is 0 Å². The van der Waals surface area contributed by atoms with Crippen LogP contribution in [0.4, 0.5) is 17.1 Å². The van der Waals surface area contributed by atoms with Gasteiger partial charge in [0.15, 0.2) is 0 Å². The third-order valence-electron chi connectivity index (χ3n) is 14.1. The topological polar surface area (TPSA) is 3.24 Å². The number of rotatable bonds is 5. The Bertz CT molecular complexity index is 3210. The standard InChI is InChI=1S/C62H41N/c1-5-19-42(20-6-1)44-33-37-59-57(39-44)61(46-23-9-3-10-24-46,47-25-11-4-12-26-47)58-40-45(43-21-7-2-8-22-43)34-38-60(58)63(59)48-35-36-56-52(41-48)51-29-15-18-32-55(51)62(56)53-30-16-13-27-49(53)50-28-14-17-31-54(50)62/h1-41H. The predicted molar refractivity (Wildman–Crippen MR) is 260 cm³/mol. The SMILES string of the molecule is c1ccc(-c2ccc3c(c2)C(c2ccccc2)(c2ccccc2)c2cc(-c4ccccc4)ccc2N3c2ccc3c(c2)-c2ccccc2C32c3ccccc3-c3ccccc32)cc1. The first-order valence-electron chi connectivity index (χ1n) is 22.0. The molecule has 2 aliphatic carbocycles. The summed E-state index contributed by atoms with van der Waals surface area (Å²) >= 11 is 0. The Labute approximate surface area is 368 Å². The van der Waals surface area contributed by atoms with Crippen LogP contribution in [-0.2, 0) is 10.8 Å². The van der Waals surface area contributed by atoms with Crippen LogP contribution in [0.25, 0.3) is 44.5 Å². The fourth-order valence-electron chi connectivity index (χ4n) is 11.6. The molecule has 0 unspecified atom stereocenters. The quantitative estimate of drug-likeness (QED) is 0.168. The van der Waals surface area contributed by atoms with Crippen molar-refractivity contribution >= 4 is 17.1 Å². The molecule has 1 nitrogen and oxygen atoms in total. The minimum Gasteiger partial charge on any atom is -0.310 e. The van der Waals surface area contributed by atoms with Crippen LogP contribution in [0.5, 0.6) is 0 Å². The van der Waals surface area contributed by atoms with Gasteiger partial charge in [-0.15, -0.1) is 0 Å². The number of anilines is 3. The molecule has 0 N–H and O–H groups in total. The van der Waals surface area contributed by atoms with Gasteiger partial charge >= 0.3 is 0 Å². The normalized spacial score (nSPS) is 14.3. The van der Waals surface area contributed by atoms with Gasteiger partial charge in [0.2, 0.25) is 0 Å². The van der Waals surface area contributed by atoms with Gasteiger partial charge in [-0.1, -0.05) is 212 Å². The molecule has 0 fully saturated rings. The zero-order valence-corrected chi connectivity index (χ0v) is 34.6. The van der Waals surface area contributed by atoms with Crippen LogP contribution < -0.4 is 4.90 Å². The molecule has 0 amide bonds. The number of nitrogens with zero attached hydrogens (tertiary/aromatic N) is 1. The molecule has 0 bridgehead atoms. The lowest BCUT2D eigenvalue weighted by molar-refractivity contribution is 0.732. The van der Waals surface area contributed by atoms with E-state index in [4.69, 9.17) is 0 Å². The Morgan fingerprint density at radius 2 is 0.619 bits per heavy atom. The molecule has 0 saturated carbocycles. The summed E-state index contributed by atoms with van der Waals surface area (Å²) in [7, 11) is 0. The van der Waals surface area contributed by atoms with E-state index in [1.165, 1.54) is 100 Å². The molecule has 1 spiro atoms. The van der Waals surface area contributed by atoms with Gasteiger partial charge in [-0.25, -0.2) is 0 Å². The summed E-state index contributed by atoms with van der Waals surface area (Å²) in [5, 5.41) is 0. The highest BCUT2D eigenvalue weighted by Crippen LogP contribution is 2.64. The van der Waals surface area contributed by atoms with Gasteiger partial charge in [0.1, 0.15) is 0 Å². The molecule has 10 aromatic carbocycles. The Morgan fingerprint density at radius 3 is 1.08 bits per heavy atom. The van der Waals surface area contributed by atoms with E-state index in [0.29, 0.717) is 0 Å². The average Bonchev–Trinajstić information content (AvgIpc) is 3.83. The summed E-state index contributed by atoms with van der Waals surface area (Å²) in [4.78, 5) is 2.54. The maximum Gasteiger partial charge on any atom is 0.0742 e. The molecule has 1 heteroatoms. The second-order valence-electron chi connectivity index (χ2n) is 17.1. The number of hydrogen-bond acceptors (Lipinski definition) is 1. The summed E-state index contributed by atoms with van der Waals surface area (Å²) in [5.74, 6) is 0. The second kappa shape index (κ2) is 13.8. The third-order valence-corrected chi connectivity index (χ3v) is 14.1. The van der Waals surface area contributed by atoms with Gasteiger partial charge in [-0.05, 0) is 125 Å². The molecule has 3 aliphatic rings. The van der Waals surface area contributed by atoms with Crippen LogP contribution in [0, 0.1) is 0 Å². The minimum absolute atomic E-state index is 0.402. The molecule has 1 aliphatic heterocycles. The Kier molecular flexibility index (Phi) is 7.80. The summed E-state index contributed by atoms with van der Waals surface area (Å²) in [6.07, 6.45) is 0. The largest absolute Gasteiger partial charge is 0.310 e. The van der Waals surface area contributed by atoms with Crippen LogP contribution in [0.2, 0.25) is 0 Å². The predicted octanol–water partition coefficient (Wildman–Crippen LogP) is 15.5. The monoisotopic (exact) mass is 799 g/mol. The molecule has 0 aromatic heterocycles.